The minimum absolute atomic E-state index is 0.407. The van der Waals surface area contributed by atoms with Crippen molar-refractivity contribution >= 4 is 0 Å². The Hall–Kier alpha value is -0.400. The molecule has 2 heterocycles. The van der Waals surface area contributed by atoms with Gasteiger partial charge in [0.1, 0.15) is 26.9 Å². The predicted molar refractivity (Wildman–Crippen MR) is 149 cm³/mol. The first-order valence-corrected chi connectivity index (χ1v) is 17.4. The molecular weight excluding hydrogens is 540 g/mol. The fourth-order valence-corrected chi connectivity index (χ4v) is 10.7. The molecule has 2 spiro atoms. The Balaban J connectivity index is 0.678. The second kappa shape index (κ2) is 12.4. The highest BCUT2D eigenvalue weighted by atomic mass is 17.3. The smallest absolute Gasteiger partial charge is 0.239 e. The molecule has 0 unspecified atom stereocenters. The van der Waals surface area contributed by atoms with Crippen molar-refractivity contribution in [3.63, 3.8) is 0 Å². The van der Waals surface area contributed by atoms with E-state index in [2.05, 4.69) is 9.80 Å². The summed E-state index contributed by atoms with van der Waals surface area (Å²) in [6, 6.07) is 0. The van der Waals surface area contributed by atoms with Gasteiger partial charge >= 0.3 is 0 Å². The van der Waals surface area contributed by atoms with Crippen LogP contribution in [0.5, 0.6) is 0 Å². The highest BCUT2D eigenvalue weighted by molar-refractivity contribution is 5.04. The lowest BCUT2D eigenvalue weighted by Crippen LogP contribution is -2.61. The van der Waals surface area contributed by atoms with Crippen molar-refractivity contribution in [2.24, 2.45) is 47.3 Å². The van der Waals surface area contributed by atoms with Crippen LogP contribution in [0.3, 0.4) is 0 Å². The van der Waals surface area contributed by atoms with Crippen molar-refractivity contribution in [2.75, 3.05) is 40.0 Å². The van der Waals surface area contributed by atoms with Crippen LogP contribution in [-0.2, 0) is 39.1 Å². The Morgan fingerprint density at radius 3 is 0.976 bits per heavy atom. The summed E-state index contributed by atoms with van der Waals surface area (Å²) in [6.07, 6.45) is 19.4. The molecule has 10 heteroatoms. The minimum Gasteiger partial charge on any atom is -0.252 e. The predicted octanol–water partition coefficient (Wildman–Crippen LogP) is 5.89. The number of hydrogen-bond acceptors (Lipinski definition) is 10. The van der Waals surface area contributed by atoms with Gasteiger partial charge in [-0.25, -0.2) is 19.6 Å². The molecule has 8 bridgehead atoms. The van der Waals surface area contributed by atoms with Gasteiger partial charge in [0, 0.05) is 36.8 Å². The van der Waals surface area contributed by atoms with Crippen molar-refractivity contribution in [3.05, 3.63) is 0 Å². The summed E-state index contributed by atoms with van der Waals surface area (Å²) in [5, 5.41) is 0. The fraction of sp³-hybridized carbons (Fsp3) is 1.00. The van der Waals surface area contributed by atoms with Crippen LogP contribution >= 0.6 is 0 Å². The SMILES string of the molecule is C(CCCCN1COOC2(OOC1)C1CC3CC(C1)CC2C3)CCCN1COOC2(OOC1)C1CC3CC(C1)CC2C3. The summed E-state index contributed by atoms with van der Waals surface area (Å²) in [4.78, 5) is 51.6. The van der Waals surface area contributed by atoms with E-state index in [1.54, 1.807) is 0 Å². The molecule has 0 amide bonds. The maximum atomic E-state index is 6.04. The largest absolute Gasteiger partial charge is 0.252 e. The van der Waals surface area contributed by atoms with Crippen LogP contribution in [-0.4, -0.2) is 61.4 Å². The van der Waals surface area contributed by atoms with Crippen LogP contribution in [0.25, 0.3) is 0 Å². The van der Waals surface area contributed by atoms with E-state index in [9.17, 15) is 0 Å². The Bertz CT molecular complexity index is 769. The summed E-state index contributed by atoms with van der Waals surface area (Å²) in [5.41, 5.74) is 0. The van der Waals surface area contributed by atoms with Gasteiger partial charge in [0.05, 0.1) is 0 Å². The lowest BCUT2D eigenvalue weighted by atomic mass is 9.53. The van der Waals surface area contributed by atoms with Gasteiger partial charge in [-0.1, -0.05) is 25.7 Å². The molecule has 0 aromatic carbocycles. The van der Waals surface area contributed by atoms with E-state index in [1.165, 1.54) is 89.9 Å². The minimum atomic E-state index is -0.679. The zero-order chi connectivity index (χ0) is 28.0. The van der Waals surface area contributed by atoms with E-state index >= 15 is 0 Å². The summed E-state index contributed by atoms with van der Waals surface area (Å²) in [7, 11) is 0. The van der Waals surface area contributed by atoms with E-state index in [1.807, 2.05) is 0 Å². The topological polar surface area (TPSA) is 80.3 Å². The van der Waals surface area contributed by atoms with Gasteiger partial charge in [-0.2, -0.15) is 19.6 Å². The molecule has 0 N–H and O–H groups in total. The normalized spacial score (nSPS) is 42.6. The van der Waals surface area contributed by atoms with Crippen molar-refractivity contribution < 1.29 is 39.1 Å². The summed E-state index contributed by atoms with van der Waals surface area (Å²) < 4.78 is 0. The standard InChI is InChI=1S/C32H52N2O8/c1(3-5-7-33-19-35-39-31(40-36-20-33)27-11-23-9-24(13-27)14-28(31)12-23)2-4-6-8-34-21-37-41-32(42-38-22-34)29-15-25-10-26(17-29)18-30(32)16-25/h23-30H,1-22H2. The average molecular weight is 593 g/mol. The van der Waals surface area contributed by atoms with Crippen LogP contribution in [0.2, 0.25) is 0 Å². The van der Waals surface area contributed by atoms with Gasteiger partial charge in [0.25, 0.3) is 0 Å². The molecule has 42 heavy (non-hydrogen) atoms. The Kier molecular flexibility index (Phi) is 8.58. The van der Waals surface area contributed by atoms with E-state index < -0.39 is 11.6 Å². The van der Waals surface area contributed by atoms with Crippen LogP contribution in [0.1, 0.15) is 103 Å². The lowest BCUT2D eigenvalue weighted by molar-refractivity contribution is -0.572. The zero-order valence-corrected chi connectivity index (χ0v) is 25.3. The molecule has 10 rings (SSSR count). The molecule has 0 atom stereocenters. The van der Waals surface area contributed by atoms with Crippen LogP contribution in [0, 0.1) is 47.3 Å². The number of hydrogen-bond donors (Lipinski definition) is 0. The maximum Gasteiger partial charge on any atom is 0.239 e. The van der Waals surface area contributed by atoms with Gasteiger partial charge in [0.2, 0.25) is 11.6 Å². The molecule has 238 valence electrons. The van der Waals surface area contributed by atoms with Crippen LogP contribution in [0.4, 0.5) is 0 Å². The Morgan fingerprint density at radius 2 is 0.667 bits per heavy atom. The van der Waals surface area contributed by atoms with Gasteiger partial charge in [-0.3, -0.25) is 9.80 Å². The zero-order valence-electron chi connectivity index (χ0n) is 25.3. The highest BCUT2D eigenvalue weighted by Crippen LogP contribution is 2.61. The van der Waals surface area contributed by atoms with Gasteiger partial charge in [-0.15, -0.1) is 0 Å². The van der Waals surface area contributed by atoms with Crippen molar-refractivity contribution in [2.45, 2.75) is 114 Å². The van der Waals surface area contributed by atoms with E-state index in [0.717, 1.165) is 49.6 Å². The molecule has 10 nitrogen and oxygen atoms in total. The molecule has 0 radical (unpaired) electrons. The molecular formula is C32H52N2O8. The molecule has 10 fully saturated rings. The Morgan fingerprint density at radius 1 is 0.381 bits per heavy atom. The number of unbranched alkanes of at least 4 members (excludes halogenated alkanes) is 5. The second-order valence-electron chi connectivity index (χ2n) is 15.3. The molecule has 0 aromatic rings. The first-order chi connectivity index (χ1) is 20.7. The molecule has 2 aliphatic heterocycles. The van der Waals surface area contributed by atoms with Crippen molar-refractivity contribution in [1.82, 2.24) is 9.80 Å². The lowest BCUT2D eigenvalue weighted by Gasteiger charge is -2.58. The van der Waals surface area contributed by atoms with Gasteiger partial charge in [-0.05, 0) is 101 Å². The Labute approximate surface area is 250 Å². The fourth-order valence-electron chi connectivity index (χ4n) is 10.7. The van der Waals surface area contributed by atoms with Crippen LogP contribution < -0.4 is 0 Å². The van der Waals surface area contributed by atoms with Crippen LogP contribution in [0.15, 0.2) is 0 Å². The molecule has 8 saturated carbocycles. The first-order valence-electron chi connectivity index (χ1n) is 17.4. The third kappa shape index (κ3) is 5.60. The molecule has 8 aliphatic carbocycles. The third-order valence-corrected chi connectivity index (χ3v) is 12.4. The average Bonchev–Trinajstić information content (AvgIpc) is 2.94. The molecule has 0 aromatic heterocycles. The van der Waals surface area contributed by atoms with E-state index in [4.69, 9.17) is 39.1 Å². The first kappa shape index (κ1) is 29.0. The van der Waals surface area contributed by atoms with Gasteiger partial charge in [0.15, 0.2) is 0 Å². The molecule has 10 aliphatic rings. The highest BCUT2D eigenvalue weighted by Gasteiger charge is 2.63. The summed E-state index contributed by atoms with van der Waals surface area (Å²) >= 11 is 0. The van der Waals surface area contributed by atoms with Crippen molar-refractivity contribution in [3.8, 4) is 0 Å². The van der Waals surface area contributed by atoms with E-state index in [0.29, 0.717) is 50.6 Å². The van der Waals surface area contributed by atoms with Crippen molar-refractivity contribution in [1.29, 1.82) is 0 Å². The maximum absolute atomic E-state index is 6.04. The summed E-state index contributed by atoms with van der Waals surface area (Å²) in [5.74, 6) is 3.65. The molecule has 2 saturated heterocycles. The van der Waals surface area contributed by atoms with Gasteiger partial charge < -0.3 is 0 Å². The quantitative estimate of drug-likeness (QED) is 0.239. The monoisotopic (exact) mass is 592 g/mol. The summed E-state index contributed by atoms with van der Waals surface area (Å²) in [6.45, 7) is 3.60. The second-order valence-corrected chi connectivity index (χ2v) is 15.3. The number of rotatable bonds is 9. The third-order valence-electron chi connectivity index (χ3n) is 12.4. The van der Waals surface area contributed by atoms with E-state index in [-0.39, 0.29) is 0 Å². The number of nitrogens with zero attached hydrogens (tertiary/aromatic N) is 2.